The Balaban J connectivity index is 1.32. The van der Waals surface area contributed by atoms with Crippen molar-refractivity contribution in [3.8, 4) is 0 Å². The molecule has 0 bridgehead atoms. The molecule has 0 radical (unpaired) electrons. The molecule has 0 aliphatic carbocycles. The molecule has 3 aliphatic rings. The molecule has 29 heavy (non-hydrogen) atoms. The Morgan fingerprint density at radius 2 is 2.07 bits per heavy atom. The second kappa shape index (κ2) is 6.66. The first-order chi connectivity index (χ1) is 14.0. The number of rotatable bonds is 2. The standard InChI is InChI=1S/C21H22FN3O4/c1-13-18(23-12-28-13)19(26)24-9-7-21(8-10-24)20(27)25-16(5-6-17(25)29-21)14-3-2-4-15(22)11-14/h2-4,11-12,16-17H,5-10H2,1H3/t16-,17+/m0/s1. The maximum atomic E-state index is 13.7. The maximum absolute atomic E-state index is 13.7. The molecule has 2 amide bonds. The van der Waals surface area contributed by atoms with Gasteiger partial charge in [-0.05, 0) is 37.5 Å². The Bertz CT molecular complexity index is 966. The zero-order valence-electron chi connectivity index (χ0n) is 16.1. The van der Waals surface area contributed by atoms with Crippen molar-refractivity contribution in [3.63, 3.8) is 0 Å². The lowest BCUT2D eigenvalue weighted by molar-refractivity contribution is -0.142. The van der Waals surface area contributed by atoms with Crippen LogP contribution in [0.1, 0.15) is 53.5 Å². The molecule has 2 atom stereocenters. The Labute approximate surface area is 167 Å². The van der Waals surface area contributed by atoms with Gasteiger partial charge in [-0.25, -0.2) is 9.37 Å². The lowest BCUT2D eigenvalue weighted by atomic mass is 9.89. The van der Waals surface area contributed by atoms with E-state index >= 15 is 0 Å². The zero-order chi connectivity index (χ0) is 20.2. The average Bonchev–Trinajstić information content (AvgIpc) is 3.39. The van der Waals surface area contributed by atoms with Crippen molar-refractivity contribution in [2.45, 2.75) is 50.5 Å². The minimum absolute atomic E-state index is 0.0426. The smallest absolute Gasteiger partial charge is 0.276 e. The van der Waals surface area contributed by atoms with Crippen LogP contribution in [-0.4, -0.2) is 51.5 Å². The molecule has 1 aromatic carbocycles. The third-order valence-corrected chi connectivity index (χ3v) is 6.36. The summed E-state index contributed by atoms with van der Waals surface area (Å²) in [6.07, 6.45) is 3.35. The number of aryl methyl sites for hydroxylation is 1. The second-order valence-corrected chi connectivity index (χ2v) is 7.98. The van der Waals surface area contributed by atoms with E-state index in [2.05, 4.69) is 4.98 Å². The molecule has 1 spiro atoms. The fourth-order valence-electron chi connectivity index (χ4n) is 4.82. The van der Waals surface area contributed by atoms with Gasteiger partial charge in [-0.1, -0.05) is 12.1 Å². The Kier molecular flexibility index (Phi) is 4.20. The van der Waals surface area contributed by atoms with Gasteiger partial charge in [-0.3, -0.25) is 9.59 Å². The van der Waals surface area contributed by atoms with E-state index in [-0.39, 0.29) is 29.9 Å². The number of hydrogen-bond acceptors (Lipinski definition) is 5. The van der Waals surface area contributed by atoms with Crippen LogP contribution in [0, 0.1) is 12.7 Å². The molecule has 8 heteroatoms. The summed E-state index contributed by atoms with van der Waals surface area (Å²) in [5, 5.41) is 0. The largest absolute Gasteiger partial charge is 0.448 e. The van der Waals surface area contributed by atoms with E-state index in [1.165, 1.54) is 18.5 Å². The van der Waals surface area contributed by atoms with Crippen LogP contribution in [0.15, 0.2) is 35.1 Å². The number of carbonyl (C=O) groups excluding carboxylic acids is 2. The van der Waals surface area contributed by atoms with Crippen molar-refractivity contribution in [1.82, 2.24) is 14.8 Å². The highest BCUT2D eigenvalue weighted by atomic mass is 19.1. The summed E-state index contributed by atoms with van der Waals surface area (Å²) in [4.78, 5) is 33.5. The van der Waals surface area contributed by atoms with Crippen molar-refractivity contribution in [2.75, 3.05) is 13.1 Å². The quantitative estimate of drug-likeness (QED) is 0.776. The second-order valence-electron chi connectivity index (χ2n) is 7.98. The van der Waals surface area contributed by atoms with Gasteiger partial charge in [0, 0.05) is 25.9 Å². The number of carbonyl (C=O) groups is 2. The molecule has 3 saturated heterocycles. The molecule has 7 nitrogen and oxygen atoms in total. The highest BCUT2D eigenvalue weighted by Crippen LogP contribution is 2.47. The number of ether oxygens (including phenoxy) is 1. The lowest BCUT2D eigenvalue weighted by Crippen LogP contribution is -2.51. The van der Waals surface area contributed by atoms with E-state index < -0.39 is 5.60 Å². The van der Waals surface area contributed by atoms with Gasteiger partial charge in [0.15, 0.2) is 17.7 Å². The van der Waals surface area contributed by atoms with Crippen LogP contribution in [0.5, 0.6) is 0 Å². The predicted octanol–water partition coefficient (Wildman–Crippen LogP) is 2.82. The zero-order valence-corrected chi connectivity index (χ0v) is 16.1. The van der Waals surface area contributed by atoms with E-state index in [1.807, 2.05) is 6.07 Å². The number of piperidine rings is 1. The van der Waals surface area contributed by atoms with Crippen LogP contribution in [0.25, 0.3) is 0 Å². The summed E-state index contributed by atoms with van der Waals surface area (Å²) < 4.78 is 25.1. The highest BCUT2D eigenvalue weighted by molar-refractivity contribution is 5.94. The number of halogens is 1. The minimum Gasteiger partial charge on any atom is -0.448 e. The lowest BCUT2D eigenvalue weighted by Gasteiger charge is -2.37. The molecule has 1 aromatic heterocycles. The third kappa shape index (κ3) is 2.85. The van der Waals surface area contributed by atoms with Gasteiger partial charge >= 0.3 is 0 Å². The number of nitrogens with zero attached hydrogens (tertiary/aromatic N) is 3. The Hall–Kier alpha value is -2.74. The Morgan fingerprint density at radius 3 is 2.76 bits per heavy atom. The molecule has 4 heterocycles. The minimum atomic E-state index is -0.897. The highest BCUT2D eigenvalue weighted by Gasteiger charge is 2.58. The molecular formula is C21H22FN3O4. The SMILES string of the molecule is Cc1ocnc1C(=O)N1CCC2(CC1)O[C@@H]1CC[C@@H](c3cccc(F)c3)N1C2=O. The predicted molar refractivity (Wildman–Crippen MR) is 99.2 cm³/mol. The first-order valence-electron chi connectivity index (χ1n) is 9.94. The average molecular weight is 399 g/mol. The summed E-state index contributed by atoms with van der Waals surface area (Å²) in [6.45, 7) is 2.54. The molecule has 3 aliphatic heterocycles. The van der Waals surface area contributed by atoms with Crippen molar-refractivity contribution in [1.29, 1.82) is 0 Å². The number of hydrogen-bond donors (Lipinski definition) is 0. The van der Waals surface area contributed by atoms with Gasteiger partial charge in [0.25, 0.3) is 11.8 Å². The summed E-state index contributed by atoms with van der Waals surface area (Å²) in [7, 11) is 0. The van der Waals surface area contributed by atoms with E-state index in [9.17, 15) is 14.0 Å². The van der Waals surface area contributed by atoms with Crippen LogP contribution in [0.2, 0.25) is 0 Å². The van der Waals surface area contributed by atoms with E-state index in [0.717, 1.165) is 18.4 Å². The van der Waals surface area contributed by atoms with Gasteiger partial charge in [0.2, 0.25) is 0 Å². The molecular weight excluding hydrogens is 377 g/mol. The number of aromatic nitrogens is 1. The van der Waals surface area contributed by atoms with Crippen LogP contribution >= 0.6 is 0 Å². The van der Waals surface area contributed by atoms with Crippen LogP contribution in [-0.2, 0) is 9.53 Å². The van der Waals surface area contributed by atoms with Crippen LogP contribution in [0.4, 0.5) is 4.39 Å². The molecule has 0 unspecified atom stereocenters. The van der Waals surface area contributed by atoms with Crippen LogP contribution < -0.4 is 0 Å². The molecule has 5 rings (SSSR count). The van der Waals surface area contributed by atoms with Crippen molar-refractivity contribution in [2.24, 2.45) is 0 Å². The fraction of sp³-hybridized carbons (Fsp3) is 0.476. The van der Waals surface area contributed by atoms with E-state index in [1.54, 1.807) is 22.8 Å². The summed E-state index contributed by atoms with van der Waals surface area (Å²) in [6, 6.07) is 6.26. The monoisotopic (exact) mass is 399 g/mol. The molecule has 0 N–H and O–H groups in total. The number of benzene rings is 1. The third-order valence-electron chi connectivity index (χ3n) is 6.36. The number of fused-ring (bicyclic) bond motifs is 1. The molecule has 152 valence electrons. The van der Waals surface area contributed by atoms with Crippen molar-refractivity contribution < 1.29 is 23.1 Å². The van der Waals surface area contributed by atoms with Crippen molar-refractivity contribution >= 4 is 11.8 Å². The Morgan fingerprint density at radius 1 is 1.28 bits per heavy atom. The topological polar surface area (TPSA) is 75.9 Å². The van der Waals surface area contributed by atoms with E-state index in [0.29, 0.717) is 37.4 Å². The fourth-order valence-corrected chi connectivity index (χ4v) is 4.82. The van der Waals surface area contributed by atoms with Gasteiger partial charge in [-0.2, -0.15) is 0 Å². The van der Waals surface area contributed by atoms with Crippen molar-refractivity contribution in [3.05, 3.63) is 53.5 Å². The van der Waals surface area contributed by atoms with Gasteiger partial charge in [0.1, 0.15) is 17.8 Å². The molecule has 2 aromatic rings. The molecule has 0 saturated carbocycles. The molecule has 3 fully saturated rings. The number of oxazole rings is 1. The first kappa shape index (κ1) is 18.3. The van der Waals surface area contributed by atoms with Gasteiger partial charge < -0.3 is 19.0 Å². The van der Waals surface area contributed by atoms with Gasteiger partial charge in [0.05, 0.1) is 6.04 Å². The normalized spacial score (nSPS) is 25.7. The summed E-state index contributed by atoms with van der Waals surface area (Å²) in [5.74, 6) is -0.0427. The summed E-state index contributed by atoms with van der Waals surface area (Å²) >= 11 is 0. The first-order valence-corrected chi connectivity index (χ1v) is 9.94. The number of likely N-dealkylation sites (tertiary alicyclic amines) is 1. The number of amides is 2. The van der Waals surface area contributed by atoms with Crippen LogP contribution in [0.3, 0.4) is 0 Å². The summed E-state index contributed by atoms with van der Waals surface area (Å²) in [5.41, 5.74) is 0.216. The van der Waals surface area contributed by atoms with Gasteiger partial charge in [-0.15, -0.1) is 0 Å². The maximum Gasteiger partial charge on any atom is 0.276 e. The van der Waals surface area contributed by atoms with E-state index in [4.69, 9.17) is 9.15 Å².